The molecular formula is C10H11FN2O3. The number of halogens is 1. The highest BCUT2D eigenvalue weighted by atomic mass is 19.1. The number of rotatable bonds is 3. The van der Waals surface area contributed by atoms with Crippen LogP contribution in [0.25, 0.3) is 0 Å². The molecule has 1 aromatic carbocycles. The molecule has 0 aliphatic carbocycles. The zero-order chi connectivity index (χ0) is 12.3. The van der Waals surface area contributed by atoms with E-state index in [2.05, 4.69) is 5.32 Å². The Labute approximate surface area is 91.1 Å². The van der Waals surface area contributed by atoms with Crippen LogP contribution in [0.2, 0.25) is 0 Å². The first-order valence-corrected chi connectivity index (χ1v) is 4.51. The molecule has 0 aliphatic heterocycles. The Morgan fingerprint density at radius 1 is 1.50 bits per heavy atom. The topological polar surface area (TPSA) is 92.4 Å². The largest absolute Gasteiger partial charge is 0.478 e. The molecule has 0 heterocycles. The van der Waals surface area contributed by atoms with Crippen LogP contribution in [0.3, 0.4) is 0 Å². The summed E-state index contributed by atoms with van der Waals surface area (Å²) in [6.07, 6.45) is 0. The van der Waals surface area contributed by atoms with Gasteiger partial charge in [-0.3, -0.25) is 4.79 Å². The van der Waals surface area contributed by atoms with Crippen molar-refractivity contribution in [2.75, 3.05) is 5.32 Å². The van der Waals surface area contributed by atoms with E-state index in [1.54, 1.807) is 0 Å². The number of carboxylic acids is 1. The second kappa shape index (κ2) is 4.71. The average molecular weight is 226 g/mol. The number of anilines is 1. The van der Waals surface area contributed by atoms with Gasteiger partial charge in [0, 0.05) is 5.69 Å². The van der Waals surface area contributed by atoms with E-state index in [-0.39, 0.29) is 5.69 Å². The summed E-state index contributed by atoms with van der Waals surface area (Å²) in [5, 5.41) is 11.0. The van der Waals surface area contributed by atoms with Crippen LogP contribution in [-0.2, 0) is 4.79 Å². The quantitative estimate of drug-likeness (QED) is 0.711. The maximum Gasteiger partial charge on any atom is 0.338 e. The van der Waals surface area contributed by atoms with E-state index in [1.807, 2.05) is 0 Å². The van der Waals surface area contributed by atoms with Gasteiger partial charge in [-0.1, -0.05) is 0 Å². The molecule has 0 fully saturated rings. The minimum atomic E-state index is -1.39. The van der Waals surface area contributed by atoms with Crippen LogP contribution in [0, 0.1) is 5.82 Å². The molecule has 16 heavy (non-hydrogen) atoms. The van der Waals surface area contributed by atoms with Crippen molar-refractivity contribution in [3.05, 3.63) is 29.6 Å². The van der Waals surface area contributed by atoms with Crippen molar-refractivity contribution >= 4 is 17.6 Å². The minimum Gasteiger partial charge on any atom is -0.478 e. The Kier molecular flexibility index (Phi) is 3.57. The van der Waals surface area contributed by atoms with Crippen LogP contribution in [0.1, 0.15) is 17.3 Å². The van der Waals surface area contributed by atoms with Crippen molar-refractivity contribution in [1.29, 1.82) is 0 Å². The molecule has 0 saturated carbocycles. The summed E-state index contributed by atoms with van der Waals surface area (Å²) in [4.78, 5) is 21.8. The van der Waals surface area contributed by atoms with E-state index in [0.717, 1.165) is 12.1 Å². The number of nitrogens with one attached hydrogen (secondary N) is 1. The molecule has 1 atom stereocenters. The smallest absolute Gasteiger partial charge is 0.338 e. The molecule has 0 radical (unpaired) electrons. The van der Waals surface area contributed by atoms with Gasteiger partial charge < -0.3 is 16.2 Å². The highest BCUT2D eigenvalue weighted by molar-refractivity contribution is 5.96. The molecule has 1 amide bonds. The summed E-state index contributed by atoms with van der Waals surface area (Å²) in [5.74, 6) is -2.72. The number of nitrogens with two attached hydrogens (primary N) is 1. The fourth-order valence-electron chi connectivity index (χ4n) is 1.02. The van der Waals surface area contributed by atoms with Gasteiger partial charge in [0.25, 0.3) is 0 Å². The Hall–Kier alpha value is -1.95. The van der Waals surface area contributed by atoms with Crippen LogP contribution in [0.15, 0.2) is 18.2 Å². The van der Waals surface area contributed by atoms with Gasteiger partial charge in [0.1, 0.15) is 5.82 Å². The summed E-state index contributed by atoms with van der Waals surface area (Å²) in [7, 11) is 0. The van der Waals surface area contributed by atoms with Gasteiger partial charge in [-0.2, -0.15) is 0 Å². The second-order valence-corrected chi connectivity index (χ2v) is 3.28. The van der Waals surface area contributed by atoms with Crippen LogP contribution >= 0.6 is 0 Å². The second-order valence-electron chi connectivity index (χ2n) is 3.28. The number of carboxylic acid groups (broad SMARTS) is 1. The van der Waals surface area contributed by atoms with E-state index in [0.29, 0.717) is 0 Å². The summed E-state index contributed by atoms with van der Waals surface area (Å²) < 4.78 is 13.0. The van der Waals surface area contributed by atoms with Crippen molar-refractivity contribution in [3.8, 4) is 0 Å². The highest BCUT2D eigenvalue weighted by Crippen LogP contribution is 2.14. The predicted molar refractivity (Wildman–Crippen MR) is 55.6 cm³/mol. The summed E-state index contributed by atoms with van der Waals surface area (Å²) in [5.41, 5.74) is 5.01. The van der Waals surface area contributed by atoms with E-state index in [4.69, 9.17) is 10.8 Å². The molecule has 0 bridgehead atoms. The standard InChI is InChI=1S/C10H11FN2O3/c1-5(12)9(14)13-6-2-3-8(11)7(4-6)10(15)16/h2-5H,12H2,1H3,(H,13,14)(H,15,16)/t5-/m0/s1. The predicted octanol–water partition coefficient (Wildman–Crippen LogP) is 0.810. The van der Waals surface area contributed by atoms with E-state index < -0.39 is 29.3 Å². The van der Waals surface area contributed by atoms with Crippen molar-refractivity contribution in [2.45, 2.75) is 13.0 Å². The monoisotopic (exact) mass is 226 g/mol. The van der Waals surface area contributed by atoms with E-state index in [1.165, 1.54) is 13.0 Å². The van der Waals surface area contributed by atoms with E-state index in [9.17, 15) is 14.0 Å². The van der Waals surface area contributed by atoms with Gasteiger partial charge in [0.05, 0.1) is 11.6 Å². The van der Waals surface area contributed by atoms with Crippen LogP contribution in [0.5, 0.6) is 0 Å². The summed E-state index contributed by atoms with van der Waals surface area (Å²) in [6, 6.07) is 2.55. The molecule has 0 saturated heterocycles. The zero-order valence-corrected chi connectivity index (χ0v) is 8.53. The minimum absolute atomic E-state index is 0.195. The Balaban J connectivity index is 2.95. The SMILES string of the molecule is C[C@H](N)C(=O)Nc1ccc(F)c(C(=O)O)c1. The number of amides is 1. The summed E-state index contributed by atoms with van der Waals surface area (Å²) in [6.45, 7) is 1.48. The van der Waals surface area contributed by atoms with Crippen LogP contribution in [0.4, 0.5) is 10.1 Å². The maximum atomic E-state index is 13.0. The molecule has 86 valence electrons. The van der Waals surface area contributed by atoms with Crippen molar-refractivity contribution in [3.63, 3.8) is 0 Å². The lowest BCUT2D eigenvalue weighted by Gasteiger charge is -2.08. The maximum absolute atomic E-state index is 13.0. The molecule has 0 aromatic heterocycles. The molecule has 0 unspecified atom stereocenters. The Morgan fingerprint density at radius 2 is 2.12 bits per heavy atom. The molecule has 1 aromatic rings. The van der Waals surface area contributed by atoms with Gasteiger partial charge in [-0.25, -0.2) is 9.18 Å². The van der Waals surface area contributed by atoms with Crippen LogP contribution < -0.4 is 11.1 Å². The van der Waals surface area contributed by atoms with Gasteiger partial charge >= 0.3 is 5.97 Å². The van der Waals surface area contributed by atoms with Gasteiger partial charge in [-0.15, -0.1) is 0 Å². The number of aromatic carboxylic acids is 1. The Bertz CT molecular complexity index is 432. The first-order valence-electron chi connectivity index (χ1n) is 4.51. The zero-order valence-electron chi connectivity index (χ0n) is 8.53. The van der Waals surface area contributed by atoms with Gasteiger partial charge in [0.15, 0.2) is 0 Å². The molecule has 0 aliphatic rings. The number of hydrogen-bond acceptors (Lipinski definition) is 3. The van der Waals surface area contributed by atoms with Crippen molar-refractivity contribution in [2.24, 2.45) is 5.73 Å². The molecule has 0 spiro atoms. The molecule has 1 rings (SSSR count). The van der Waals surface area contributed by atoms with Gasteiger partial charge in [0.2, 0.25) is 5.91 Å². The van der Waals surface area contributed by atoms with E-state index >= 15 is 0 Å². The average Bonchev–Trinajstić information content (AvgIpc) is 2.20. The number of hydrogen-bond donors (Lipinski definition) is 3. The first-order chi connectivity index (χ1) is 7.41. The third kappa shape index (κ3) is 2.77. The number of carbonyl (C=O) groups excluding carboxylic acids is 1. The lowest BCUT2D eigenvalue weighted by atomic mass is 10.2. The van der Waals surface area contributed by atoms with Crippen LogP contribution in [-0.4, -0.2) is 23.0 Å². The molecule has 6 heteroatoms. The third-order valence-electron chi connectivity index (χ3n) is 1.88. The van der Waals surface area contributed by atoms with Gasteiger partial charge in [-0.05, 0) is 25.1 Å². The number of benzene rings is 1. The molecule has 5 nitrogen and oxygen atoms in total. The first kappa shape index (κ1) is 12.1. The van der Waals surface area contributed by atoms with Crippen molar-refractivity contribution in [1.82, 2.24) is 0 Å². The fraction of sp³-hybridized carbons (Fsp3) is 0.200. The summed E-state index contributed by atoms with van der Waals surface area (Å²) >= 11 is 0. The molecule has 4 N–H and O–H groups in total. The fourth-order valence-corrected chi connectivity index (χ4v) is 1.02. The normalized spacial score (nSPS) is 11.9. The molecular weight excluding hydrogens is 215 g/mol. The highest BCUT2D eigenvalue weighted by Gasteiger charge is 2.13. The third-order valence-corrected chi connectivity index (χ3v) is 1.88. The lowest BCUT2D eigenvalue weighted by molar-refractivity contribution is -0.117. The Morgan fingerprint density at radius 3 is 2.62 bits per heavy atom. The number of carbonyl (C=O) groups is 2. The van der Waals surface area contributed by atoms with Crippen molar-refractivity contribution < 1.29 is 19.1 Å². The lowest BCUT2D eigenvalue weighted by Crippen LogP contribution is -2.32.